The molecule has 1 aliphatic heterocycles. The zero-order valence-electron chi connectivity index (χ0n) is 27.0. The third-order valence-corrected chi connectivity index (χ3v) is 10.1. The van der Waals surface area contributed by atoms with E-state index in [4.69, 9.17) is 21.7 Å². The molecule has 3 aromatic carbocycles. The molecule has 48 heavy (non-hydrogen) atoms. The van der Waals surface area contributed by atoms with E-state index in [1.54, 1.807) is 15.3 Å². The first-order valence-corrected chi connectivity index (χ1v) is 17.8. The van der Waals surface area contributed by atoms with Crippen molar-refractivity contribution in [3.8, 4) is 44.6 Å². The number of nitrogens with zero attached hydrogens (tertiary/aromatic N) is 5. The molecule has 1 fully saturated rings. The van der Waals surface area contributed by atoms with Gasteiger partial charge in [-0.1, -0.05) is 74.0 Å². The first kappa shape index (κ1) is 31.8. The summed E-state index contributed by atoms with van der Waals surface area (Å²) in [5.41, 5.74) is 7.04. The number of aryl methyl sites for hydroxylation is 2. The van der Waals surface area contributed by atoms with Gasteiger partial charge in [0.25, 0.3) is 11.5 Å². The lowest BCUT2D eigenvalue weighted by Crippen LogP contribution is -2.37. The summed E-state index contributed by atoms with van der Waals surface area (Å²) in [5.74, 6) is -0.101. The molecule has 0 aliphatic carbocycles. The quantitative estimate of drug-likeness (QED) is 0.162. The number of rotatable bonds is 8. The second kappa shape index (κ2) is 13.7. The van der Waals surface area contributed by atoms with Gasteiger partial charge in [-0.25, -0.2) is 9.67 Å². The number of benzene rings is 3. The normalized spacial score (nSPS) is 13.2. The Morgan fingerprint density at radius 1 is 0.854 bits per heavy atom. The van der Waals surface area contributed by atoms with Crippen LogP contribution < -0.4 is 5.56 Å². The molecule has 0 unspecified atom stereocenters. The van der Waals surface area contributed by atoms with Crippen LogP contribution in [0.3, 0.4) is 0 Å². The highest BCUT2D eigenvalue weighted by Gasteiger charge is 2.30. The first-order valence-electron chi connectivity index (χ1n) is 16.5. The number of hydrogen-bond donors (Lipinski definition) is 0. The maximum Gasteiger partial charge on any atom is 0.266 e. The molecule has 3 aromatic heterocycles. The monoisotopic (exact) mass is 673 g/mol. The molecule has 1 aliphatic rings. The molecule has 9 heteroatoms. The topological polar surface area (TPSA) is 73.0 Å². The Morgan fingerprint density at radius 2 is 1.56 bits per heavy atom. The molecular weight excluding hydrogens is 638 g/mol. The second-order valence-corrected chi connectivity index (χ2v) is 13.3. The number of piperidine rings is 1. The average molecular weight is 674 g/mol. The van der Waals surface area contributed by atoms with Crippen molar-refractivity contribution >= 4 is 28.8 Å². The number of para-hydroxylation sites is 2. The smallest absolute Gasteiger partial charge is 0.266 e. The van der Waals surface area contributed by atoms with Crippen molar-refractivity contribution in [2.75, 3.05) is 13.1 Å². The van der Waals surface area contributed by atoms with Crippen molar-refractivity contribution in [3.05, 3.63) is 129 Å². The molecular formula is C39H36ClN5O2S. The highest BCUT2D eigenvalue weighted by atomic mass is 35.5. The Bertz CT molecular complexity index is 2120. The Labute approximate surface area is 289 Å². The van der Waals surface area contributed by atoms with Crippen LogP contribution in [0.2, 0.25) is 5.02 Å². The second-order valence-electron chi connectivity index (χ2n) is 12.0. The van der Waals surface area contributed by atoms with E-state index in [1.165, 1.54) is 11.3 Å². The van der Waals surface area contributed by atoms with Crippen LogP contribution >= 0.6 is 22.9 Å². The predicted molar refractivity (Wildman–Crippen MR) is 195 cm³/mol. The largest absolute Gasteiger partial charge is 0.339 e. The van der Waals surface area contributed by atoms with Gasteiger partial charge in [-0.15, -0.1) is 11.3 Å². The van der Waals surface area contributed by atoms with Crippen molar-refractivity contribution < 1.29 is 4.79 Å². The molecule has 7 nitrogen and oxygen atoms in total. The van der Waals surface area contributed by atoms with E-state index in [9.17, 15) is 4.79 Å². The number of likely N-dealkylation sites (tertiary alicyclic amines) is 1. The fourth-order valence-electron chi connectivity index (χ4n) is 6.49. The van der Waals surface area contributed by atoms with Gasteiger partial charge in [0.05, 0.1) is 33.9 Å². The summed E-state index contributed by atoms with van der Waals surface area (Å²) in [5, 5.41) is 8.14. The molecule has 0 radical (unpaired) electrons. The molecule has 242 valence electrons. The van der Waals surface area contributed by atoms with Crippen LogP contribution in [0.25, 0.3) is 44.6 Å². The molecule has 7 rings (SSSR count). The van der Waals surface area contributed by atoms with Gasteiger partial charge in [0.2, 0.25) is 0 Å². The van der Waals surface area contributed by atoms with Gasteiger partial charge in [-0.05, 0) is 79.6 Å². The molecule has 4 heterocycles. The van der Waals surface area contributed by atoms with Crippen molar-refractivity contribution in [1.29, 1.82) is 0 Å². The average Bonchev–Trinajstić information content (AvgIpc) is 3.83. The van der Waals surface area contributed by atoms with Crippen molar-refractivity contribution in [2.45, 2.75) is 46.0 Å². The molecule has 0 N–H and O–H groups in total. The molecule has 0 bridgehead atoms. The van der Waals surface area contributed by atoms with Gasteiger partial charge in [-0.2, -0.15) is 5.10 Å². The molecule has 1 saturated heterocycles. The number of pyridine rings is 1. The van der Waals surface area contributed by atoms with Crippen molar-refractivity contribution in [2.24, 2.45) is 0 Å². The third-order valence-electron chi connectivity index (χ3n) is 8.99. The summed E-state index contributed by atoms with van der Waals surface area (Å²) in [6.45, 7) is 5.54. The van der Waals surface area contributed by atoms with Crippen LogP contribution in [-0.2, 0) is 12.8 Å². The first-order chi connectivity index (χ1) is 23.5. The van der Waals surface area contributed by atoms with E-state index in [2.05, 4.69) is 26.0 Å². The van der Waals surface area contributed by atoms with Gasteiger partial charge in [-0.3, -0.25) is 14.2 Å². The predicted octanol–water partition coefficient (Wildman–Crippen LogP) is 8.89. The number of amides is 1. The number of halogens is 1. The van der Waals surface area contributed by atoms with E-state index < -0.39 is 0 Å². The zero-order valence-corrected chi connectivity index (χ0v) is 28.6. The molecule has 1 amide bonds. The number of carbonyl (C=O) groups is 1. The molecule has 0 saturated carbocycles. The standard InChI is InChI=1S/C39H36ClN5O2S/c1-3-26-12-11-13-27(4-2)35(26)45-36(33-20-23-44(42-33)30-14-7-5-8-15-30)31(38(46)43-21-9-6-10-22-43)24-32(39(45)47)37-41-34(25-48-37)28-16-18-29(40)19-17-28/h5,7-8,11-20,23-25H,3-4,6,9-10,21-22H2,1-2H3. The number of carbonyl (C=O) groups excluding carboxylic acids is 1. The lowest BCUT2D eigenvalue weighted by atomic mass is 9.99. The summed E-state index contributed by atoms with van der Waals surface area (Å²) in [7, 11) is 0. The summed E-state index contributed by atoms with van der Waals surface area (Å²) in [6.07, 6.45) is 6.31. The highest BCUT2D eigenvalue weighted by molar-refractivity contribution is 7.13. The third kappa shape index (κ3) is 6.02. The van der Waals surface area contributed by atoms with Crippen molar-refractivity contribution in [1.82, 2.24) is 24.2 Å². The Morgan fingerprint density at radius 3 is 2.25 bits per heavy atom. The molecule has 0 spiro atoms. The Kier molecular flexibility index (Phi) is 9.11. The Hall–Kier alpha value is -4.79. The van der Waals surface area contributed by atoms with E-state index in [0.717, 1.165) is 53.0 Å². The molecule has 0 atom stereocenters. The van der Waals surface area contributed by atoms with E-state index in [0.29, 0.717) is 58.5 Å². The summed E-state index contributed by atoms with van der Waals surface area (Å²) in [6, 6.07) is 27.2. The van der Waals surface area contributed by atoms with E-state index in [-0.39, 0.29) is 11.5 Å². The minimum Gasteiger partial charge on any atom is -0.339 e. The number of aromatic nitrogens is 4. The van der Waals surface area contributed by atoms with Gasteiger partial charge in [0.15, 0.2) is 0 Å². The van der Waals surface area contributed by atoms with E-state index in [1.807, 2.05) is 83.2 Å². The lowest BCUT2D eigenvalue weighted by Gasteiger charge is -2.29. The number of thiazole rings is 1. The zero-order chi connectivity index (χ0) is 33.2. The van der Waals surface area contributed by atoms with Crippen LogP contribution in [0.5, 0.6) is 0 Å². The van der Waals surface area contributed by atoms with Gasteiger partial charge < -0.3 is 4.90 Å². The lowest BCUT2D eigenvalue weighted by molar-refractivity contribution is 0.0724. The molecule has 6 aromatic rings. The SMILES string of the molecule is CCc1cccc(CC)c1-n1c(-c2ccn(-c3ccccc3)n2)c(C(=O)N2CCCCC2)cc(-c2nc(-c3ccc(Cl)cc3)cs2)c1=O. The van der Waals surface area contributed by atoms with Crippen LogP contribution in [0.15, 0.2) is 101 Å². The highest BCUT2D eigenvalue weighted by Crippen LogP contribution is 2.35. The maximum atomic E-state index is 15.1. The fraction of sp³-hybridized carbons (Fsp3) is 0.231. The van der Waals surface area contributed by atoms with Gasteiger partial charge in [0.1, 0.15) is 10.7 Å². The summed E-state index contributed by atoms with van der Waals surface area (Å²) in [4.78, 5) is 36.6. The van der Waals surface area contributed by atoms with E-state index >= 15 is 4.79 Å². The van der Waals surface area contributed by atoms with Crippen LogP contribution in [0, 0.1) is 0 Å². The van der Waals surface area contributed by atoms with Crippen LogP contribution in [-0.4, -0.2) is 43.2 Å². The fourth-order valence-corrected chi connectivity index (χ4v) is 7.46. The summed E-state index contributed by atoms with van der Waals surface area (Å²) < 4.78 is 3.55. The van der Waals surface area contributed by atoms with Crippen LogP contribution in [0.1, 0.15) is 54.6 Å². The summed E-state index contributed by atoms with van der Waals surface area (Å²) >= 11 is 7.55. The van der Waals surface area contributed by atoms with Crippen LogP contribution in [0.4, 0.5) is 0 Å². The van der Waals surface area contributed by atoms with Gasteiger partial charge in [0, 0.05) is 35.3 Å². The minimum absolute atomic E-state index is 0.101. The Balaban J connectivity index is 1.53. The minimum atomic E-state index is -0.234. The maximum absolute atomic E-state index is 15.1. The number of hydrogen-bond acceptors (Lipinski definition) is 5. The van der Waals surface area contributed by atoms with Gasteiger partial charge >= 0.3 is 0 Å². The van der Waals surface area contributed by atoms with Crippen molar-refractivity contribution in [3.63, 3.8) is 0 Å².